The van der Waals surface area contributed by atoms with Crippen molar-refractivity contribution in [1.82, 2.24) is 0 Å². The Morgan fingerprint density at radius 1 is 0.407 bits per heavy atom. The van der Waals surface area contributed by atoms with E-state index in [1.165, 1.54) is 141 Å². The lowest BCUT2D eigenvalue weighted by Crippen LogP contribution is -1.84. The number of hydrogen-bond donors (Lipinski definition) is 1. The van der Waals surface area contributed by atoms with E-state index in [0.29, 0.717) is 0 Å². The molecule has 0 aliphatic carbocycles. The van der Waals surface area contributed by atoms with Crippen molar-refractivity contribution < 1.29 is 0 Å². The van der Waals surface area contributed by atoms with E-state index in [4.69, 9.17) is 5.73 Å². The first-order valence-corrected chi connectivity index (χ1v) is 12.6. The first kappa shape index (κ1) is 26.4. The molecule has 0 amide bonds. The molecule has 27 heavy (non-hydrogen) atoms. The van der Waals surface area contributed by atoms with Gasteiger partial charge in [0.25, 0.3) is 0 Å². The first-order valence-electron chi connectivity index (χ1n) is 12.6. The maximum atomic E-state index is 5.16. The van der Waals surface area contributed by atoms with Crippen LogP contribution in [0.1, 0.15) is 155 Å². The minimum Gasteiger partial charge on any atom is -0.359 e. The van der Waals surface area contributed by atoms with Crippen molar-refractivity contribution in [2.24, 2.45) is 5.73 Å². The van der Waals surface area contributed by atoms with Crippen molar-refractivity contribution in [2.45, 2.75) is 155 Å². The van der Waals surface area contributed by atoms with Crippen molar-refractivity contribution >= 4 is 0 Å². The van der Waals surface area contributed by atoms with Crippen LogP contribution in [-0.2, 0) is 0 Å². The summed E-state index contributed by atoms with van der Waals surface area (Å²) in [4.78, 5) is 0. The molecule has 0 heterocycles. The molecule has 0 aromatic carbocycles. The second kappa shape index (κ2) is 25.4. The van der Waals surface area contributed by atoms with Crippen LogP contribution in [0.2, 0.25) is 0 Å². The molecular formula is C26H51N. The van der Waals surface area contributed by atoms with E-state index in [1.54, 1.807) is 0 Å². The fourth-order valence-electron chi connectivity index (χ4n) is 3.89. The molecule has 1 heteroatoms. The molecule has 0 saturated heterocycles. The van der Waals surface area contributed by atoms with E-state index in [9.17, 15) is 0 Å². The minimum atomic E-state index is 0.982. The quantitative estimate of drug-likeness (QED) is 0.114. The van der Waals surface area contributed by atoms with E-state index in [2.05, 4.69) is 18.9 Å². The lowest BCUT2D eigenvalue weighted by Gasteiger charge is -2.04. The van der Waals surface area contributed by atoms with E-state index in [-0.39, 0.29) is 0 Å². The molecule has 0 fully saturated rings. The molecule has 0 aromatic heterocycles. The average molecular weight is 378 g/mol. The summed E-state index contributed by atoms with van der Waals surface area (Å²) in [6.07, 6.45) is 32.6. The minimum absolute atomic E-state index is 0.982. The zero-order chi connectivity index (χ0) is 19.7. The summed E-state index contributed by atoms with van der Waals surface area (Å²) in [5.41, 5.74) is 5.16. The van der Waals surface area contributed by atoms with Gasteiger partial charge in [0.15, 0.2) is 0 Å². The Bertz CT molecular complexity index is 312. The molecule has 0 aliphatic heterocycles. The molecule has 0 spiro atoms. The molecule has 160 valence electrons. The summed E-state index contributed by atoms with van der Waals surface area (Å²) in [5.74, 6) is 2.94. The van der Waals surface area contributed by atoms with Crippen LogP contribution in [0, 0.1) is 12.0 Å². The van der Waals surface area contributed by atoms with Crippen molar-refractivity contribution in [3.05, 3.63) is 0 Å². The van der Waals surface area contributed by atoms with Gasteiger partial charge in [-0.25, -0.2) is 0 Å². The van der Waals surface area contributed by atoms with Crippen LogP contribution in [0.5, 0.6) is 0 Å². The Morgan fingerprint density at radius 3 is 0.926 bits per heavy atom. The summed E-state index contributed by atoms with van der Waals surface area (Å²) < 4.78 is 0. The third kappa shape index (κ3) is 25.4. The Kier molecular flexibility index (Phi) is 24.8. The zero-order valence-electron chi connectivity index (χ0n) is 18.8. The molecule has 0 unspecified atom stereocenters. The molecule has 0 aliphatic rings. The van der Waals surface area contributed by atoms with Crippen LogP contribution in [0.25, 0.3) is 0 Å². The van der Waals surface area contributed by atoms with Crippen LogP contribution >= 0.6 is 0 Å². The van der Waals surface area contributed by atoms with E-state index in [1.807, 2.05) is 0 Å². The SMILES string of the molecule is CCCCCCCCCCCCCCCCCCCCCCCCC#CN. The Balaban J connectivity index is 2.98. The monoisotopic (exact) mass is 377 g/mol. The lowest BCUT2D eigenvalue weighted by molar-refractivity contribution is 0.519. The van der Waals surface area contributed by atoms with Gasteiger partial charge in [-0.2, -0.15) is 0 Å². The predicted molar refractivity (Wildman–Crippen MR) is 124 cm³/mol. The molecule has 0 saturated carbocycles. The van der Waals surface area contributed by atoms with Crippen LogP contribution in [-0.4, -0.2) is 0 Å². The molecule has 0 radical (unpaired) electrons. The topological polar surface area (TPSA) is 26.0 Å². The lowest BCUT2D eigenvalue weighted by atomic mass is 10.0. The standard InChI is InChI=1S/C26H51N/c1-2-3-4-5-6-7-8-9-10-11-12-13-14-15-16-17-18-19-20-21-22-23-24-25-26-27/h2-24,27H2,1H3. The summed E-state index contributed by atoms with van der Waals surface area (Å²) in [5, 5.41) is 0. The van der Waals surface area contributed by atoms with Gasteiger partial charge in [0, 0.05) is 12.5 Å². The third-order valence-electron chi connectivity index (χ3n) is 5.76. The molecule has 1 nitrogen and oxygen atoms in total. The van der Waals surface area contributed by atoms with Gasteiger partial charge in [-0.3, -0.25) is 0 Å². The van der Waals surface area contributed by atoms with E-state index in [0.717, 1.165) is 6.42 Å². The Labute approximate surface area is 172 Å². The molecular weight excluding hydrogens is 326 g/mol. The van der Waals surface area contributed by atoms with Gasteiger partial charge in [0.1, 0.15) is 0 Å². The number of nitrogens with two attached hydrogens (primary N) is 1. The largest absolute Gasteiger partial charge is 0.359 e. The zero-order valence-corrected chi connectivity index (χ0v) is 18.8. The van der Waals surface area contributed by atoms with Gasteiger partial charge in [-0.05, 0) is 6.42 Å². The highest BCUT2D eigenvalue weighted by molar-refractivity contribution is 4.93. The van der Waals surface area contributed by atoms with Crippen LogP contribution in [0.3, 0.4) is 0 Å². The second-order valence-corrected chi connectivity index (χ2v) is 8.50. The van der Waals surface area contributed by atoms with Gasteiger partial charge in [-0.1, -0.05) is 148 Å². The highest BCUT2D eigenvalue weighted by Crippen LogP contribution is 2.15. The Morgan fingerprint density at radius 2 is 0.667 bits per heavy atom. The molecule has 2 N–H and O–H groups in total. The van der Waals surface area contributed by atoms with Crippen molar-refractivity contribution in [3.8, 4) is 12.0 Å². The van der Waals surface area contributed by atoms with Gasteiger partial charge in [0.2, 0.25) is 0 Å². The fraction of sp³-hybridized carbons (Fsp3) is 0.923. The summed E-state index contributed by atoms with van der Waals surface area (Å²) >= 11 is 0. The maximum Gasteiger partial charge on any atom is 0.0107 e. The fourth-order valence-corrected chi connectivity index (χ4v) is 3.89. The van der Waals surface area contributed by atoms with Crippen LogP contribution in [0.15, 0.2) is 0 Å². The van der Waals surface area contributed by atoms with Crippen LogP contribution in [0.4, 0.5) is 0 Å². The first-order chi connectivity index (χ1) is 13.4. The number of unbranched alkanes of at least 4 members (excludes halogenated alkanes) is 22. The smallest absolute Gasteiger partial charge is 0.0107 e. The van der Waals surface area contributed by atoms with Crippen molar-refractivity contribution in [3.63, 3.8) is 0 Å². The van der Waals surface area contributed by atoms with Crippen molar-refractivity contribution in [2.75, 3.05) is 0 Å². The maximum absolute atomic E-state index is 5.16. The van der Waals surface area contributed by atoms with Crippen molar-refractivity contribution in [1.29, 1.82) is 0 Å². The highest BCUT2D eigenvalue weighted by atomic mass is 14.4. The van der Waals surface area contributed by atoms with Gasteiger partial charge in [0.05, 0.1) is 0 Å². The van der Waals surface area contributed by atoms with Gasteiger partial charge in [-0.15, -0.1) is 0 Å². The van der Waals surface area contributed by atoms with Crippen LogP contribution < -0.4 is 5.73 Å². The Hall–Kier alpha value is -0.640. The van der Waals surface area contributed by atoms with E-state index >= 15 is 0 Å². The van der Waals surface area contributed by atoms with Gasteiger partial charge >= 0.3 is 0 Å². The molecule has 0 atom stereocenters. The average Bonchev–Trinajstić information content (AvgIpc) is 2.68. The highest BCUT2D eigenvalue weighted by Gasteiger charge is 1.95. The normalized spacial score (nSPS) is 10.7. The summed E-state index contributed by atoms with van der Waals surface area (Å²) in [6, 6.07) is 2.48. The second-order valence-electron chi connectivity index (χ2n) is 8.50. The number of hydrogen-bond acceptors (Lipinski definition) is 1. The summed E-state index contributed by atoms with van der Waals surface area (Å²) in [7, 11) is 0. The van der Waals surface area contributed by atoms with Gasteiger partial charge < -0.3 is 5.73 Å². The summed E-state index contributed by atoms with van der Waals surface area (Å²) in [6.45, 7) is 2.30. The molecule has 0 aromatic rings. The van der Waals surface area contributed by atoms with E-state index < -0.39 is 0 Å². The number of rotatable bonds is 22. The predicted octanol–water partition coefficient (Wildman–Crippen LogP) is 8.90. The molecule has 0 bridgehead atoms. The molecule has 0 rings (SSSR count). The third-order valence-corrected chi connectivity index (χ3v) is 5.76.